The van der Waals surface area contributed by atoms with Gasteiger partial charge in [-0.05, 0) is 50.4 Å². The van der Waals surface area contributed by atoms with Crippen LogP contribution in [0, 0.1) is 17.3 Å². The number of hydrogen-bond donors (Lipinski definition) is 1. The first kappa shape index (κ1) is 13.9. The van der Waals surface area contributed by atoms with Gasteiger partial charge in [0.25, 0.3) is 0 Å². The lowest BCUT2D eigenvalue weighted by Gasteiger charge is -2.37. The fraction of sp³-hybridized carbons (Fsp3) is 1.00. The van der Waals surface area contributed by atoms with Gasteiger partial charge in [-0.1, -0.05) is 26.7 Å². The van der Waals surface area contributed by atoms with Gasteiger partial charge in [-0.3, -0.25) is 0 Å². The molecule has 1 aliphatic heterocycles. The second-order valence-electron chi connectivity index (χ2n) is 7.49. The molecule has 2 nitrogen and oxygen atoms in total. The molecule has 3 rings (SSSR count). The fourth-order valence-electron chi connectivity index (χ4n) is 4.15. The van der Waals surface area contributed by atoms with Gasteiger partial charge in [-0.25, -0.2) is 0 Å². The molecule has 2 saturated carbocycles. The SMILES string of the molecule is CCCC(C)CC1(CNC2CC2)CCOC1C1CC1. The quantitative estimate of drug-likeness (QED) is 0.721. The molecule has 3 fully saturated rings. The average Bonchev–Trinajstić information content (AvgIpc) is 3.28. The Morgan fingerprint density at radius 2 is 2.05 bits per heavy atom. The Kier molecular flexibility index (Phi) is 4.19. The molecule has 3 unspecified atom stereocenters. The molecule has 3 aliphatic rings. The highest BCUT2D eigenvalue weighted by Crippen LogP contribution is 2.51. The van der Waals surface area contributed by atoms with Crippen LogP contribution in [0.15, 0.2) is 0 Å². The highest BCUT2D eigenvalue weighted by Gasteiger charge is 2.51. The summed E-state index contributed by atoms with van der Waals surface area (Å²) < 4.78 is 6.18. The third-order valence-electron chi connectivity index (χ3n) is 5.41. The third-order valence-corrected chi connectivity index (χ3v) is 5.41. The molecule has 0 bridgehead atoms. The molecule has 1 heterocycles. The summed E-state index contributed by atoms with van der Waals surface area (Å²) in [5.74, 6) is 1.74. The van der Waals surface area contributed by atoms with Gasteiger partial charge in [0.1, 0.15) is 0 Å². The Morgan fingerprint density at radius 1 is 1.26 bits per heavy atom. The van der Waals surface area contributed by atoms with Crippen LogP contribution in [0.2, 0.25) is 0 Å². The van der Waals surface area contributed by atoms with Gasteiger partial charge in [0.2, 0.25) is 0 Å². The maximum absolute atomic E-state index is 6.18. The lowest BCUT2D eigenvalue weighted by atomic mass is 9.72. The van der Waals surface area contributed by atoms with E-state index in [2.05, 4.69) is 19.2 Å². The van der Waals surface area contributed by atoms with E-state index in [1.54, 1.807) is 0 Å². The molecule has 0 aromatic rings. The van der Waals surface area contributed by atoms with E-state index in [1.807, 2.05) is 0 Å². The van der Waals surface area contributed by atoms with Gasteiger partial charge >= 0.3 is 0 Å². The van der Waals surface area contributed by atoms with Crippen LogP contribution in [0.1, 0.15) is 65.2 Å². The summed E-state index contributed by atoms with van der Waals surface area (Å²) in [6, 6.07) is 0.832. The highest BCUT2D eigenvalue weighted by molar-refractivity contribution is 5.02. The molecule has 2 aliphatic carbocycles. The number of ether oxygens (including phenoxy) is 1. The van der Waals surface area contributed by atoms with Crippen molar-refractivity contribution in [1.29, 1.82) is 0 Å². The molecule has 19 heavy (non-hydrogen) atoms. The minimum atomic E-state index is 0.457. The molecular formula is C17H31NO. The average molecular weight is 265 g/mol. The van der Waals surface area contributed by atoms with Gasteiger partial charge in [0.05, 0.1) is 6.10 Å². The highest BCUT2D eigenvalue weighted by atomic mass is 16.5. The minimum absolute atomic E-state index is 0.457. The fourth-order valence-corrected chi connectivity index (χ4v) is 4.15. The van der Waals surface area contributed by atoms with Crippen molar-refractivity contribution in [2.75, 3.05) is 13.2 Å². The maximum atomic E-state index is 6.18. The first-order valence-corrected chi connectivity index (χ1v) is 8.58. The lowest BCUT2D eigenvalue weighted by molar-refractivity contribution is 0.0188. The van der Waals surface area contributed by atoms with Gasteiger partial charge in [-0.15, -0.1) is 0 Å². The zero-order valence-electron chi connectivity index (χ0n) is 12.8. The predicted molar refractivity (Wildman–Crippen MR) is 79.2 cm³/mol. The van der Waals surface area contributed by atoms with Crippen LogP contribution in [0.4, 0.5) is 0 Å². The van der Waals surface area contributed by atoms with Crippen molar-refractivity contribution >= 4 is 0 Å². The van der Waals surface area contributed by atoms with Gasteiger partial charge < -0.3 is 10.1 Å². The Bertz CT molecular complexity index is 298. The number of nitrogens with one attached hydrogen (secondary N) is 1. The third kappa shape index (κ3) is 3.33. The first-order chi connectivity index (χ1) is 9.23. The van der Waals surface area contributed by atoms with E-state index in [4.69, 9.17) is 4.74 Å². The van der Waals surface area contributed by atoms with Crippen molar-refractivity contribution in [2.24, 2.45) is 17.3 Å². The van der Waals surface area contributed by atoms with E-state index in [1.165, 1.54) is 57.9 Å². The van der Waals surface area contributed by atoms with Gasteiger partial charge in [0.15, 0.2) is 0 Å². The smallest absolute Gasteiger partial charge is 0.0672 e. The first-order valence-electron chi connectivity index (χ1n) is 8.58. The van der Waals surface area contributed by atoms with E-state index in [-0.39, 0.29) is 0 Å². The van der Waals surface area contributed by atoms with E-state index in [0.717, 1.165) is 24.5 Å². The maximum Gasteiger partial charge on any atom is 0.0672 e. The summed E-state index contributed by atoms with van der Waals surface area (Å²) in [6.07, 6.45) is 11.6. The second kappa shape index (κ2) is 5.73. The van der Waals surface area contributed by atoms with Gasteiger partial charge in [0, 0.05) is 24.6 Å². The molecule has 3 atom stereocenters. The zero-order valence-corrected chi connectivity index (χ0v) is 12.8. The van der Waals surface area contributed by atoms with Crippen molar-refractivity contribution in [3.63, 3.8) is 0 Å². The molecule has 110 valence electrons. The van der Waals surface area contributed by atoms with Crippen LogP contribution in [0.3, 0.4) is 0 Å². The van der Waals surface area contributed by atoms with E-state index >= 15 is 0 Å². The van der Waals surface area contributed by atoms with Crippen molar-refractivity contribution in [2.45, 2.75) is 77.4 Å². The lowest BCUT2D eigenvalue weighted by Crippen LogP contribution is -2.43. The van der Waals surface area contributed by atoms with Crippen LogP contribution in [0.25, 0.3) is 0 Å². The molecule has 0 aromatic heterocycles. The largest absolute Gasteiger partial charge is 0.377 e. The van der Waals surface area contributed by atoms with Crippen molar-refractivity contribution in [3.05, 3.63) is 0 Å². The molecule has 2 heteroatoms. The summed E-state index contributed by atoms with van der Waals surface area (Å²) >= 11 is 0. The topological polar surface area (TPSA) is 21.3 Å². The minimum Gasteiger partial charge on any atom is -0.377 e. The predicted octanol–water partition coefficient (Wildman–Crippen LogP) is 3.75. The van der Waals surface area contributed by atoms with E-state index in [9.17, 15) is 0 Å². The van der Waals surface area contributed by atoms with Crippen LogP contribution >= 0.6 is 0 Å². The van der Waals surface area contributed by atoms with Crippen molar-refractivity contribution < 1.29 is 4.74 Å². The Balaban J connectivity index is 1.65. The summed E-state index contributed by atoms with van der Waals surface area (Å²) in [6.45, 7) is 6.99. The molecule has 1 N–H and O–H groups in total. The van der Waals surface area contributed by atoms with E-state index in [0.29, 0.717) is 11.5 Å². The van der Waals surface area contributed by atoms with Gasteiger partial charge in [-0.2, -0.15) is 0 Å². The van der Waals surface area contributed by atoms with Crippen molar-refractivity contribution in [3.8, 4) is 0 Å². The molecule has 0 amide bonds. The van der Waals surface area contributed by atoms with Crippen molar-refractivity contribution in [1.82, 2.24) is 5.32 Å². The summed E-state index contributed by atoms with van der Waals surface area (Å²) in [5.41, 5.74) is 0.457. The van der Waals surface area contributed by atoms with Crippen LogP contribution in [0.5, 0.6) is 0 Å². The molecule has 0 radical (unpaired) electrons. The molecule has 0 aromatic carbocycles. The normalized spacial score (nSPS) is 36.6. The second-order valence-corrected chi connectivity index (χ2v) is 7.49. The Hall–Kier alpha value is -0.0800. The molecule has 0 spiro atoms. The monoisotopic (exact) mass is 265 g/mol. The molecular weight excluding hydrogens is 234 g/mol. The Labute approximate surface area is 118 Å². The summed E-state index contributed by atoms with van der Waals surface area (Å²) in [5, 5.41) is 3.82. The van der Waals surface area contributed by atoms with E-state index < -0.39 is 0 Å². The number of rotatable bonds is 8. The zero-order chi connectivity index (χ0) is 13.3. The Morgan fingerprint density at radius 3 is 2.68 bits per heavy atom. The summed E-state index contributed by atoms with van der Waals surface area (Å²) in [7, 11) is 0. The summed E-state index contributed by atoms with van der Waals surface area (Å²) in [4.78, 5) is 0. The van der Waals surface area contributed by atoms with Crippen LogP contribution < -0.4 is 5.32 Å². The standard InChI is InChI=1S/C17H31NO/c1-3-4-13(2)11-17(12-18-15-7-8-15)9-10-19-16(17)14-5-6-14/h13-16,18H,3-12H2,1-2H3. The number of hydrogen-bond acceptors (Lipinski definition) is 2. The van der Waals surface area contributed by atoms with Crippen LogP contribution in [-0.4, -0.2) is 25.3 Å². The molecule has 1 saturated heterocycles. The van der Waals surface area contributed by atoms with Crippen LogP contribution in [-0.2, 0) is 4.74 Å².